The Morgan fingerprint density at radius 3 is 2.56 bits per heavy atom. The van der Waals surface area contributed by atoms with E-state index in [4.69, 9.17) is 9.47 Å². The van der Waals surface area contributed by atoms with Gasteiger partial charge in [0.2, 0.25) is 0 Å². The Kier molecular flexibility index (Phi) is 7.92. The average Bonchev–Trinajstić information content (AvgIpc) is 2.70. The molecule has 2 aromatic carbocycles. The molecule has 1 amide bonds. The van der Waals surface area contributed by atoms with Crippen molar-refractivity contribution in [2.24, 2.45) is 0 Å². The second-order valence-corrected chi connectivity index (χ2v) is 5.83. The second kappa shape index (κ2) is 10.7. The van der Waals surface area contributed by atoms with Crippen LogP contribution in [-0.4, -0.2) is 19.1 Å². The number of benzene rings is 2. The van der Waals surface area contributed by atoms with Gasteiger partial charge in [-0.25, -0.2) is 0 Å². The standard InChI is InChI=1S/C22H24N2O3/c1-3-12-27-20-11-10-18(14-21(20)26-4-2)13-19(15-23)22(25)24-16-17-8-6-5-7-9-17/h5-11,13-14H,3-4,12,16H2,1-2H3,(H,24,25)/b19-13-. The van der Waals surface area contributed by atoms with Crippen molar-refractivity contribution in [2.45, 2.75) is 26.8 Å². The van der Waals surface area contributed by atoms with Crippen molar-refractivity contribution in [3.8, 4) is 17.6 Å². The molecule has 0 unspecified atom stereocenters. The Balaban J connectivity index is 2.14. The van der Waals surface area contributed by atoms with Crippen LogP contribution in [0.5, 0.6) is 11.5 Å². The lowest BCUT2D eigenvalue weighted by Gasteiger charge is -2.12. The van der Waals surface area contributed by atoms with Crippen LogP contribution >= 0.6 is 0 Å². The van der Waals surface area contributed by atoms with Crippen LogP contribution < -0.4 is 14.8 Å². The molecule has 0 heterocycles. The third kappa shape index (κ3) is 6.19. The van der Waals surface area contributed by atoms with E-state index in [1.165, 1.54) is 0 Å². The Labute approximate surface area is 160 Å². The molecule has 0 aliphatic rings. The summed E-state index contributed by atoms with van der Waals surface area (Å²) in [6.45, 7) is 5.39. The van der Waals surface area contributed by atoms with Crippen LogP contribution in [0, 0.1) is 11.3 Å². The molecule has 5 heteroatoms. The quantitative estimate of drug-likeness (QED) is 0.537. The largest absolute Gasteiger partial charge is 0.490 e. The van der Waals surface area contributed by atoms with Gasteiger partial charge >= 0.3 is 0 Å². The number of rotatable bonds is 9. The molecule has 0 radical (unpaired) electrons. The maximum Gasteiger partial charge on any atom is 0.262 e. The minimum absolute atomic E-state index is 0.0376. The van der Waals surface area contributed by atoms with E-state index in [-0.39, 0.29) is 5.57 Å². The molecule has 0 spiro atoms. The average molecular weight is 364 g/mol. The zero-order valence-electron chi connectivity index (χ0n) is 15.7. The number of nitriles is 1. The van der Waals surface area contributed by atoms with Crippen molar-refractivity contribution in [2.75, 3.05) is 13.2 Å². The van der Waals surface area contributed by atoms with Crippen LogP contribution in [0.1, 0.15) is 31.4 Å². The van der Waals surface area contributed by atoms with Crippen LogP contribution in [0.2, 0.25) is 0 Å². The molecule has 0 bridgehead atoms. The van der Waals surface area contributed by atoms with Gasteiger partial charge in [-0.2, -0.15) is 5.26 Å². The van der Waals surface area contributed by atoms with Crippen LogP contribution in [-0.2, 0) is 11.3 Å². The summed E-state index contributed by atoms with van der Waals surface area (Å²) in [6, 6.07) is 16.9. The van der Waals surface area contributed by atoms with Gasteiger partial charge in [-0.1, -0.05) is 43.3 Å². The summed E-state index contributed by atoms with van der Waals surface area (Å²) in [6.07, 6.45) is 2.44. The van der Waals surface area contributed by atoms with Crippen LogP contribution in [0.3, 0.4) is 0 Å². The highest BCUT2D eigenvalue weighted by Crippen LogP contribution is 2.29. The molecule has 2 rings (SSSR count). The van der Waals surface area contributed by atoms with Crippen molar-refractivity contribution in [1.29, 1.82) is 5.26 Å². The summed E-state index contributed by atoms with van der Waals surface area (Å²) in [7, 11) is 0. The summed E-state index contributed by atoms with van der Waals surface area (Å²) in [5, 5.41) is 12.1. The van der Waals surface area contributed by atoms with Gasteiger partial charge in [0.05, 0.1) is 13.2 Å². The first-order valence-electron chi connectivity index (χ1n) is 9.01. The smallest absolute Gasteiger partial charge is 0.262 e. The first kappa shape index (κ1) is 20.1. The predicted octanol–water partition coefficient (Wildman–Crippen LogP) is 4.10. The molecule has 0 aliphatic carbocycles. The highest BCUT2D eigenvalue weighted by molar-refractivity contribution is 6.01. The number of carbonyl (C=O) groups is 1. The van der Waals surface area contributed by atoms with Crippen molar-refractivity contribution < 1.29 is 14.3 Å². The SMILES string of the molecule is CCCOc1ccc(/C=C(/C#N)C(=O)NCc2ccccc2)cc1OCC. The Bertz CT molecular complexity index is 823. The Morgan fingerprint density at radius 2 is 1.89 bits per heavy atom. The molecule has 1 N–H and O–H groups in total. The molecular formula is C22H24N2O3. The number of nitrogens with zero attached hydrogens (tertiary/aromatic N) is 1. The lowest BCUT2D eigenvalue weighted by Crippen LogP contribution is -2.23. The first-order chi connectivity index (χ1) is 13.2. The zero-order valence-corrected chi connectivity index (χ0v) is 15.7. The third-order valence-corrected chi connectivity index (χ3v) is 3.70. The van der Waals surface area contributed by atoms with E-state index >= 15 is 0 Å². The predicted molar refractivity (Wildman–Crippen MR) is 105 cm³/mol. The fraction of sp³-hybridized carbons (Fsp3) is 0.273. The van der Waals surface area contributed by atoms with E-state index in [2.05, 4.69) is 5.32 Å². The first-order valence-corrected chi connectivity index (χ1v) is 9.01. The Hall–Kier alpha value is -3.26. The van der Waals surface area contributed by atoms with Crippen LogP contribution in [0.4, 0.5) is 0 Å². The summed E-state index contributed by atoms with van der Waals surface area (Å²) in [5.74, 6) is 0.843. The molecule has 0 aliphatic heterocycles. The molecule has 5 nitrogen and oxygen atoms in total. The molecule has 27 heavy (non-hydrogen) atoms. The molecule has 140 valence electrons. The number of ether oxygens (including phenoxy) is 2. The minimum atomic E-state index is -0.411. The van der Waals surface area contributed by atoms with E-state index in [9.17, 15) is 10.1 Å². The number of nitrogens with one attached hydrogen (secondary N) is 1. The molecule has 0 fully saturated rings. The van der Waals surface area contributed by atoms with Gasteiger partial charge in [-0.15, -0.1) is 0 Å². The zero-order chi connectivity index (χ0) is 19.5. The number of amides is 1. The molecular weight excluding hydrogens is 340 g/mol. The van der Waals surface area contributed by atoms with Gasteiger partial charge in [0.1, 0.15) is 11.6 Å². The fourth-order valence-corrected chi connectivity index (χ4v) is 2.40. The number of hydrogen-bond donors (Lipinski definition) is 1. The Morgan fingerprint density at radius 1 is 1.11 bits per heavy atom. The van der Waals surface area contributed by atoms with Gasteiger partial charge in [0.25, 0.3) is 5.91 Å². The van der Waals surface area contributed by atoms with Gasteiger partial charge < -0.3 is 14.8 Å². The number of carbonyl (C=O) groups excluding carboxylic acids is 1. The lowest BCUT2D eigenvalue weighted by atomic mass is 10.1. The number of hydrogen-bond acceptors (Lipinski definition) is 4. The van der Waals surface area contributed by atoms with Gasteiger partial charge in [0, 0.05) is 6.54 Å². The van der Waals surface area contributed by atoms with Crippen molar-refractivity contribution >= 4 is 12.0 Å². The highest BCUT2D eigenvalue weighted by Gasteiger charge is 2.11. The minimum Gasteiger partial charge on any atom is -0.490 e. The van der Waals surface area contributed by atoms with E-state index in [1.807, 2.05) is 50.2 Å². The normalized spacial score (nSPS) is 10.8. The van der Waals surface area contributed by atoms with Gasteiger partial charge in [-0.05, 0) is 42.7 Å². The van der Waals surface area contributed by atoms with E-state index in [0.717, 1.165) is 12.0 Å². The van der Waals surface area contributed by atoms with Gasteiger partial charge in [-0.3, -0.25) is 4.79 Å². The highest BCUT2D eigenvalue weighted by atomic mass is 16.5. The van der Waals surface area contributed by atoms with Crippen molar-refractivity contribution in [3.05, 3.63) is 65.2 Å². The molecule has 2 aromatic rings. The van der Waals surface area contributed by atoms with Gasteiger partial charge in [0.15, 0.2) is 11.5 Å². The summed E-state index contributed by atoms with van der Waals surface area (Å²) in [5.41, 5.74) is 1.71. The molecule has 0 atom stereocenters. The summed E-state index contributed by atoms with van der Waals surface area (Å²) in [4.78, 5) is 12.3. The fourth-order valence-electron chi connectivity index (χ4n) is 2.40. The monoisotopic (exact) mass is 364 g/mol. The summed E-state index contributed by atoms with van der Waals surface area (Å²) >= 11 is 0. The van der Waals surface area contributed by atoms with E-state index < -0.39 is 5.91 Å². The molecule has 0 aromatic heterocycles. The maximum absolute atomic E-state index is 12.3. The van der Waals surface area contributed by atoms with E-state index in [1.54, 1.807) is 24.3 Å². The maximum atomic E-state index is 12.3. The van der Waals surface area contributed by atoms with E-state index in [0.29, 0.717) is 36.8 Å². The van der Waals surface area contributed by atoms with Crippen molar-refractivity contribution in [1.82, 2.24) is 5.32 Å². The molecule has 0 saturated carbocycles. The van der Waals surface area contributed by atoms with Crippen LogP contribution in [0.15, 0.2) is 54.1 Å². The lowest BCUT2D eigenvalue weighted by molar-refractivity contribution is -0.117. The van der Waals surface area contributed by atoms with Crippen molar-refractivity contribution in [3.63, 3.8) is 0 Å². The summed E-state index contributed by atoms with van der Waals surface area (Å²) < 4.78 is 11.3. The van der Waals surface area contributed by atoms with Crippen LogP contribution in [0.25, 0.3) is 6.08 Å². The third-order valence-electron chi connectivity index (χ3n) is 3.70. The topological polar surface area (TPSA) is 71.3 Å². The second-order valence-electron chi connectivity index (χ2n) is 5.83. The molecule has 0 saturated heterocycles.